The van der Waals surface area contributed by atoms with E-state index in [0.29, 0.717) is 17.7 Å². The molecule has 0 aliphatic heterocycles. The molecule has 4 heteroatoms. The van der Waals surface area contributed by atoms with Crippen molar-refractivity contribution in [2.45, 2.75) is 18.8 Å². The lowest BCUT2D eigenvalue weighted by molar-refractivity contribution is 0.480. The molecule has 0 bridgehead atoms. The first-order valence-electron chi connectivity index (χ1n) is 5.60. The molecule has 2 N–H and O–H groups in total. The van der Waals surface area contributed by atoms with Gasteiger partial charge in [-0.25, -0.2) is 0 Å². The first-order chi connectivity index (χ1) is 8.25. The molecule has 2 aromatic rings. The van der Waals surface area contributed by atoms with E-state index in [1.54, 1.807) is 0 Å². The van der Waals surface area contributed by atoms with E-state index >= 15 is 0 Å². The fourth-order valence-corrected chi connectivity index (χ4v) is 2.40. The highest BCUT2D eigenvalue weighted by Gasteiger charge is 2.29. The summed E-state index contributed by atoms with van der Waals surface area (Å²) in [5.41, 5.74) is 7.07. The van der Waals surface area contributed by atoms with Crippen molar-refractivity contribution in [3.63, 3.8) is 0 Å². The van der Waals surface area contributed by atoms with Crippen molar-refractivity contribution in [1.29, 1.82) is 0 Å². The topological polar surface area (TPSA) is 69.1 Å². The van der Waals surface area contributed by atoms with Crippen LogP contribution in [0.15, 0.2) is 39.5 Å². The Hall–Kier alpha value is -2.10. The summed E-state index contributed by atoms with van der Waals surface area (Å²) >= 11 is 0. The predicted molar refractivity (Wildman–Crippen MR) is 63.8 cm³/mol. The normalized spacial score (nSPS) is 18.0. The fourth-order valence-electron chi connectivity index (χ4n) is 2.40. The Balaban J connectivity index is 2.13. The molecule has 0 saturated heterocycles. The van der Waals surface area contributed by atoms with Crippen LogP contribution >= 0.6 is 0 Å². The number of aromatic nitrogens is 1. The van der Waals surface area contributed by atoms with Crippen LogP contribution in [0.5, 0.6) is 0 Å². The summed E-state index contributed by atoms with van der Waals surface area (Å²) in [5.74, 6) is 0.817. The van der Waals surface area contributed by atoms with Crippen LogP contribution in [-0.4, -0.2) is 4.98 Å². The molecule has 1 atom stereocenters. The van der Waals surface area contributed by atoms with Crippen LogP contribution < -0.4 is 11.3 Å². The highest BCUT2D eigenvalue weighted by molar-refractivity contribution is 5.36. The van der Waals surface area contributed by atoms with Gasteiger partial charge in [0.25, 0.3) is 11.6 Å². The number of rotatable bonds is 1. The Bertz CT molecular complexity index is 605. The van der Waals surface area contributed by atoms with E-state index in [2.05, 4.69) is 4.98 Å². The number of anilines is 1. The van der Waals surface area contributed by atoms with E-state index in [1.165, 1.54) is 0 Å². The van der Waals surface area contributed by atoms with Gasteiger partial charge in [-0.05, 0) is 18.4 Å². The van der Waals surface area contributed by atoms with E-state index in [4.69, 9.17) is 10.2 Å². The van der Waals surface area contributed by atoms with Gasteiger partial charge in [0, 0.05) is 5.92 Å². The molecule has 0 unspecified atom stereocenters. The maximum atomic E-state index is 11.7. The van der Waals surface area contributed by atoms with Crippen molar-refractivity contribution >= 4 is 6.01 Å². The van der Waals surface area contributed by atoms with Gasteiger partial charge in [0.1, 0.15) is 5.76 Å². The summed E-state index contributed by atoms with van der Waals surface area (Å²) in [6.07, 6.45) is 1.59. The van der Waals surface area contributed by atoms with Crippen LogP contribution in [0, 0.1) is 0 Å². The van der Waals surface area contributed by atoms with Crippen molar-refractivity contribution in [1.82, 2.24) is 4.98 Å². The van der Waals surface area contributed by atoms with Gasteiger partial charge in [-0.3, -0.25) is 4.79 Å². The van der Waals surface area contributed by atoms with E-state index in [9.17, 15) is 4.79 Å². The summed E-state index contributed by atoms with van der Waals surface area (Å²) in [6, 6.07) is 9.96. The molecule has 3 rings (SSSR count). The van der Waals surface area contributed by atoms with Crippen molar-refractivity contribution < 1.29 is 4.42 Å². The zero-order chi connectivity index (χ0) is 11.8. The monoisotopic (exact) mass is 228 g/mol. The molecule has 1 aliphatic carbocycles. The van der Waals surface area contributed by atoms with Gasteiger partial charge in [-0.1, -0.05) is 30.3 Å². The maximum Gasteiger partial charge on any atom is 0.295 e. The lowest BCUT2D eigenvalue weighted by Gasteiger charge is -2.10. The minimum Gasteiger partial charge on any atom is -0.429 e. The molecule has 17 heavy (non-hydrogen) atoms. The molecule has 0 saturated carbocycles. The highest BCUT2D eigenvalue weighted by Crippen LogP contribution is 2.36. The van der Waals surface area contributed by atoms with Crippen molar-refractivity contribution in [2.24, 2.45) is 0 Å². The molecule has 0 fully saturated rings. The quantitative estimate of drug-likeness (QED) is 0.806. The number of hydrogen-bond acceptors (Lipinski definition) is 4. The second-order valence-corrected chi connectivity index (χ2v) is 4.20. The summed E-state index contributed by atoms with van der Waals surface area (Å²) in [7, 11) is 0. The first kappa shape index (κ1) is 10.1. The lowest BCUT2D eigenvalue weighted by Crippen LogP contribution is -2.14. The van der Waals surface area contributed by atoms with E-state index in [0.717, 1.165) is 12.0 Å². The second kappa shape index (κ2) is 3.73. The molecule has 0 amide bonds. The molecular formula is C13H12N2O2. The smallest absolute Gasteiger partial charge is 0.295 e. The number of nitrogen functional groups attached to an aromatic ring is 1. The van der Waals surface area contributed by atoms with E-state index < -0.39 is 0 Å². The molecule has 1 aromatic carbocycles. The zero-order valence-electron chi connectivity index (χ0n) is 9.22. The number of nitrogens with zero attached hydrogens (tertiary/aromatic N) is 1. The van der Waals surface area contributed by atoms with E-state index in [-0.39, 0.29) is 17.5 Å². The Morgan fingerprint density at radius 2 is 2.06 bits per heavy atom. The molecular weight excluding hydrogens is 216 g/mol. The fraction of sp³-hybridized carbons (Fsp3) is 0.231. The van der Waals surface area contributed by atoms with Gasteiger partial charge in [-0.2, -0.15) is 4.98 Å². The van der Waals surface area contributed by atoms with Crippen molar-refractivity contribution in [3.05, 3.63) is 57.6 Å². The Kier molecular flexibility index (Phi) is 2.21. The van der Waals surface area contributed by atoms with E-state index in [1.807, 2.05) is 30.3 Å². The SMILES string of the molecule is Nc1nc(=O)c2c(o1)[C@@H](c1ccccc1)CC2. The molecule has 1 aliphatic rings. The Labute approximate surface area is 98.1 Å². The van der Waals surface area contributed by atoms with Crippen LogP contribution in [0.25, 0.3) is 0 Å². The predicted octanol–water partition coefficient (Wildman–Crippen LogP) is 1.70. The van der Waals surface area contributed by atoms with Crippen LogP contribution in [0.3, 0.4) is 0 Å². The van der Waals surface area contributed by atoms with Gasteiger partial charge >= 0.3 is 0 Å². The van der Waals surface area contributed by atoms with Gasteiger partial charge in [-0.15, -0.1) is 0 Å². The number of benzene rings is 1. The molecule has 86 valence electrons. The Morgan fingerprint density at radius 1 is 1.29 bits per heavy atom. The third-order valence-electron chi connectivity index (χ3n) is 3.18. The van der Waals surface area contributed by atoms with Crippen molar-refractivity contribution in [2.75, 3.05) is 5.73 Å². The first-order valence-corrected chi connectivity index (χ1v) is 5.60. The molecule has 4 nitrogen and oxygen atoms in total. The van der Waals surface area contributed by atoms with Crippen LogP contribution in [0.1, 0.15) is 29.2 Å². The molecule has 1 heterocycles. The van der Waals surface area contributed by atoms with Crippen molar-refractivity contribution in [3.8, 4) is 0 Å². The number of fused-ring (bicyclic) bond motifs is 1. The standard InChI is InChI=1S/C13H12N2O2/c14-13-15-12(16)10-7-6-9(11(10)17-13)8-4-2-1-3-5-8/h1-5,9H,6-7H2,(H2,14,15,16)/t9-/m1/s1. The van der Waals surface area contributed by atoms with Gasteiger partial charge < -0.3 is 10.2 Å². The number of nitrogens with two attached hydrogens (primary N) is 1. The number of hydrogen-bond donors (Lipinski definition) is 1. The second-order valence-electron chi connectivity index (χ2n) is 4.20. The maximum absolute atomic E-state index is 11.7. The molecule has 0 spiro atoms. The average Bonchev–Trinajstić information content (AvgIpc) is 2.74. The summed E-state index contributed by atoms with van der Waals surface area (Å²) in [4.78, 5) is 15.3. The summed E-state index contributed by atoms with van der Waals surface area (Å²) < 4.78 is 5.43. The molecule has 1 aromatic heterocycles. The van der Waals surface area contributed by atoms with Crippen LogP contribution in [0.4, 0.5) is 6.01 Å². The highest BCUT2D eigenvalue weighted by atomic mass is 16.4. The minimum absolute atomic E-state index is 0.0448. The van der Waals surface area contributed by atoms with Gasteiger partial charge in [0.05, 0.1) is 5.56 Å². The minimum atomic E-state index is -0.248. The Morgan fingerprint density at radius 3 is 2.82 bits per heavy atom. The zero-order valence-corrected chi connectivity index (χ0v) is 9.22. The third kappa shape index (κ3) is 1.62. The average molecular weight is 228 g/mol. The summed E-state index contributed by atoms with van der Waals surface area (Å²) in [5, 5.41) is 0. The van der Waals surface area contributed by atoms with Gasteiger partial charge in [0.15, 0.2) is 0 Å². The lowest BCUT2D eigenvalue weighted by atomic mass is 9.98. The van der Waals surface area contributed by atoms with Crippen LogP contribution in [0.2, 0.25) is 0 Å². The van der Waals surface area contributed by atoms with Crippen LogP contribution in [-0.2, 0) is 6.42 Å². The third-order valence-corrected chi connectivity index (χ3v) is 3.18. The largest absolute Gasteiger partial charge is 0.429 e. The molecule has 0 radical (unpaired) electrons. The summed E-state index contributed by atoms with van der Waals surface area (Å²) in [6.45, 7) is 0. The van der Waals surface area contributed by atoms with Gasteiger partial charge in [0.2, 0.25) is 0 Å².